The van der Waals surface area contributed by atoms with Gasteiger partial charge in [-0.25, -0.2) is 0 Å². The molecule has 0 bridgehead atoms. The summed E-state index contributed by atoms with van der Waals surface area (Å²) in [5.74, 6) is 0.948. The first-order chi connectivity index (χ1) is 15.7. The maximum absolute atomic E-state index is 13.0. The van der Waals surface area contributed by atoms with Crippen molar-refractivity contribution in [3.05, 3.63) is 130 Å². The molecule has 6 heteroatoms. The van der Waals surface area contributed by atoms with Gasteiger partial charge >= 0.3 is 0 Å². The summed E-state index contributed by atoms with van der Waals surface area (Å²) in [7, 11) is 0. The number of aromatic nitrogens is 1. The van der Waals surface area contributed by atoms with Gasteiger partial charge in [-0.3, -0.25) is 9.59 Å². The summed E-state index contributed by atoms with van der Waals surface area (Å²) in [5, 5.41) is 3.98. The van der Waals surface area contributed by atoms with Crippen molar-refractivity contribution in [2.24, 2.45) is 0 Å². The summed E-state index contributed by atoms with van der Waals surface area (Å²) < 4.78 is 13.3. The highest BCUT2D eigenvalue weighted by Gasteiger charge is 2.23. The molecule has 0 aliphatic rings. The maximum atomic E-state index is 13.0. The van der Waals surface area contributed by atoms with E-state index in [2.05, 4.69) is 5.32 Å². The zero-order valence-electron chi connectivity index (χ0n) is 17.1. The number of fused-ring (bicyclic) bond motifs is 1. The van der Waals surface area contributed by atoms with Crippen LogP contribution in [0.5, 0.6) is 0 Å². The monoisotopic (exact) mass is 424 g/mol. The molecule has 0 radical (unpaired) electrons. The van der Waals surface area contributed by atoms with Crippen molar-refractivity contribution in [3.8, 4) is 0 Å². The van der Waals surface area contributed by atoms with Gasteiger partial charge in [-0.2, -0.15) is 0 Å². The average Bonchev–Trinajstić information content (AvgIpc) is 3.46. The number of nitrogens with one attached hydrogen (secondary N) is 1. The number of carbonyl (C=O) groups is 1. The minimum Gasteiger partial charge on any atom is -0.459 e. The van der Waals surface area contributed by atoms with Crippen LogP contribution in [0.3, 0.4) is 0 Å². The molecule has 6 nitrogen and oxygen atoms in total. The highest BCUT2D eigenvalue weighted by molar-refractivity contribution is 5.92. The first-order valence-electron chi connectivity index (χ1n) is 10.3. The first-order valence-corrected chi connectivity index (χ1v) is 10.3. The van der Waals surface area contributed by atoms with Crippen LogP contribution in [0, 0.1) is 0 Å². The number of carbonyl (C=O) groups excluding carboxylic acids is 1. The largest absolute Gasteiger partial charge is 0.459 e. The average molecular weight is 424 g/mol. The van der Waals surface area contributed by atoms with E-state index in [1.807, 2.05) is 60.7 Å². The van der Waals surface area contributed by atoms with Gasteiger partial charge in [0.25, 0.3) is 11.5 Å². The number of furan rings is 2. The van der Waals surface area contributed by atoms with Crippen LogP contribution in [0.2, 0.25) is 0 Å². The third kappa shape index (κ3) is 3.98. The lowest BCUT2D eigenvalue weighted by Crippen LogP contribution is -2.28. The Balaban J connectivity index is 1.41. The van der Waals surface area contributed by atoms with Crippen LogP contribution in [0.15, 0.2) is 111 Å². The molecule has 3 aromatic heterocycles. The Labute approximate surface area is 183 Å². The molecule has 0 spiro atoms. The van der Waals surface area contributed by atoms with Crippen molar-refractivity contribution in [2.45, 2.75) is 12.6 Å². The number of pyridine rings is 1. The van der Waals surface area contributed by atoms with Crippen molar-refractivity contribution < 1.29 is 13.6 Å². The Bertz CT molecular complexity index is 1400. The molecule has 1 amide bonds. The van der Waals surface area contributed by atoms with E-state index in [-0.39, 0.29) is 23.8 Å². The normalized spacial score (nSPS) is 12.0. The predicted molar refractivity (Wildman–Crippen MR) is 120 cm³/mol. The molecule has 5 rings (SSSR count). The topological polar surface area (TPSA) is 77.4 Å². The fraction of sp³-hybridized carbons (Fsp3) is 0.0769. The fourth-order valence-corrected chi connectivity index (χ4v) is 3.66. The third-order valence-corrected chi connectivity index (χ3v) is 5.25. The predicted octanol–water partition coefficient (Wildman–Crippen LogP) is 4.76. The van der Waals surface area contributed by atoms with E-state index < -0.39 is 6.04 Å². The summed E-state index contributed by atoms with van der Waals surface area (Å²) in [6.45, 7) is 0.249. The molecular weight excluding hydrogens is 404 g/mol. The summed E-state index contributed by atoms with van der Waals surface area (Å²) in [4.78, 5) is 25.0. The van der Waals surface area contributed by atoms with Crippen molar-refractivity contribution in [1.82, 2.24) is 9.88 Å². The molecule has 1 N–H and O–H groups in total. The van der Waals surface area contributed by atoms with Crippen LogP contribution < -0.4 is 10.9 Å². The van der Waals surface area contributed by atoms with Gasteiger partial charge in [-0.1, -0.05) is 54.6 Å². The molecular formula is C26H20N2O4. The highest BCUT2D eigenvalue weighted by Crippen LogP contribution is 2.28. The zero-order chi connectivity index (χ0) is 21.9. The Morgan fingerprint density at radius 1 is 0.875 bits per heavy atom. The summed E-state index contributed by atoms with van der Waals surface area (Å²) in [6, 6.07) is 27.0. The molecule has 1 atom stereocenters. The summed E-state index contributed by atoms with van der Waals surface area (Å²) in [5.41, 5.74) is 1.51. The minimum absolute atomic E-state index is 0.135. The van der Waals surface area contributed by atoms with E-state index in [0.717, 1.165) is 16.5 Å². The van der Waals surface area contributed by atoms with Gasteiger partial charge in [0.1, 0.15) is 23.1 Å². The third-order valence-electron chi connectivity index (χ3n) is 5.25. The molecule has 0 aliphatic heterocycles. The minimum atomic E-state index is -0.485. The van der Waals surface area contributed by atoms with Gasteiger partial charge in [-0.15, -0.1) is 0 Å². The molecule has 1 unspecified atom stereocenters. The standard InChI is InChI=1S/C26H20N2O4/c29-24-12-6-7-15-28(24)17-20-13-14-22(31-20)26(30)27-25(18-8-2-1-3-9-18)23-16-19-10-4-5-11-21(19)32-23/h1-16,25H,17H2,(H,27,30). The van der Waals surface area contributed by atoms with Crippen molar-refractivity contribution >= 4 is 16.9 Å². The highest BCUT2D eigenvalue weighted by atomic mass is 16.4. The smallest absolute Gasteiger partial charge is 0.287 e. The second-order valence-electron chi connectivity index (χ2n) is 7.44. The van der Waals surface area contributed by atoms with Crippen LogP contribution in [0.1, 0.15) is 33.7 Å². The summed E-state index contributed by atoms with van der Waals surface area (Å²) >= 11 is 0. The van der Waals surface area contributed by atoms with Crippen molar-refractivity contribution in [2.75, 3.05) is 0 Å². The maximum Gasteiger partial charge on any atom is 0.287 e. The van der Waals surface area contributed by atoms with Gasteiger partial charge in [0.2, 0.25) is 0 Å². The quantitative estimate of drug-likeness (QED) is 0.427. The number of hydrogen-bond acceptors (Lipinski definition) is 4. The Kier molecular flexibility index (Phi) is 5.17. The second-order valence-corrected chi connectivity index (χ2v) is 7.44. The molecule has 158 valence electrons. The number of para-hydroxylation sites is 1. The van der Waals surface area contributed by atoms with E-state index in [1.165, 1.54) is 10.6 Å². The van der Waals surface area contributed by atoms with Crippen molar-refractivity contribution in [1.29, 1.82) is 0 Å². The van der Waals surface area contributed by atoms with E-state index in [4.69, 9.17) is 8.83 Å². The van der Waals surface area contributed by atoms with Gasteiger partial charge in [-0.05, 0) is 35.9 Å². The van der Waals surface area contributed by atoms with Crippen LogP contribution in [0.25, 0.3) is 11.0 Å². The van der Waals surface area contributed by atoms with Gasteiger partial charge < -0.3 is 18.7 Å². The van der Waals surface area contributed by atoms with Gasteiger partial charge in [0.15, 0.2) is 5.76 Å². The molecule has 0 fully saturated rings. The lowest BCUT2D eigenvalue weighted by atomic mass is 10.0. The first kappa shape index (κ1) is 19.6. The SMILES string of the molecule is O=C(NC(c1ccccc1)c1cc2ccccc2o1)c1ccc(Cn2ccccc2=O)o1. The molecule has 5 aromatic rings. The van der Waals surface area contributed by atoms with Gasteiger partial charge in [0, 0.05) is 17.6 Å². The van der Waals surface area contributed by atoms with Crippen LogP contribution in [-0.2, 0) is 6.54 Å². The number of benzene rings is 2. The molecule has 3 heterocycles. The van der Waals surface area contributed by atoms with E-state index >= 15 is 0 Å². The zero-order valence-corrected chi connectivity index (χ0v) is 17.1. The van der Waals surface area contributed by atoms with Crippen LogP contribution >= 0.6 is 0 Å². The number of rotatable bonds is 6. The molecule has 0 saturated heterocycles. The molecule has 0 saturated carbocycles. The summed E-state index contributed by atoms with van der Waals surface area (Å²) in [6.07, 6.45) is 1.68. The molecule has 0 aliphatic carbocycles. The Morgan fingerprint density at radius 3 is 2.47 bits per heavy atom. The number of hydrogen-bond donors (Lipinski definition) is 1. The van der Waals surface area contributed by atoms with Crippen LogP contribution in [-0.4, -0.2) is 10.5 Å². The number of amides is 1. The fourth-order valence-electron chi connectivity index (χ4n) is 3.66. The lowest BCUT2D eigenvalue weighted by molar-refractivity contribution is 0.0909. The molecule has 2 aromatic carbocycles. The van der Waals surface area contributed by atoms with Crippen molar-refractivity contribution in [3.63, 3.8) is 0 Å². The second kappa shape index (κ2) is 8.43. The van der Waals surface area contributed by atoms with Gasteiger partial charge in [0.05, 0.1) is 6.54 Å². The van der Waals surface area contributed by atoms with Crippen LogP contribution in [0.4, 0.5) is 0 Å². The molecule has 32 heavy (non-hydrogen) atoms. The lowest BCUT2D eigenvalue weighted by Gasteiger charge is -2.16. The van der Waals surface area contributed by atoms with E-state index in [9.17, 15) is 9.59 Å². The van der Waals surface area contributed by atoms with E-state index in [0.29, 0.717) is 11.5 Å². The van der Waals surface area contributed by atoms with E-state index in [1.54, 1.807) is 30.5 Å². The Hall–Kier alpha value is -4.32. The number of nitrogens with zero attached hydrogens (tertiary/aromatic N) is 1. The Morgan fingerprint density at radius 2 is 1.66 bits per heavy atom.